The van der Waals surface area contributed by atoms with Gasteiger partial charge in [0, 0.05) is 25.8 Å². The van der Waals surface area contributed by atoms with Gasteiger partial charge >= 0.3 is 17.7 Å². The van der Waals surface area contributed by atoms with Crippen LogP contribution in [0.1, 0.15) is 0 Å². The zero-order valence-electron chi connectivity index (χ0n) is 19.4. The van der Waals surface area contributed by atoms with E-state index in [0.717, 1.165) is 0 Å². The van der Waals surface area contributed by atoms with Gasteiger partial charge < -0.3 is 18.1 Å². The summed E-state index contributed by atoms with van der Waals surface area (Å²) in [5.41, 5.74) is 0. The second kappa shape index (κ2) is 15.9. The molecule has 163 valence electrons. The molecule has 0 saturated carbocycles. The van der Waals surface area contributed by atoms with Crippen molar-refractivity contribution in [2.75, 3.05) is 28.2 Å². The Hall–Kier alpha value is -1.84. The second-order valence-corrected chi connectivity index (χ2v) is 11.0. The predicted octanol–water partition coefficient (Wildman–Crippen LogP) is 5.31. The van der Waals surface area contributed by atoms with E-state index in [1.807, 2.05) is 0 Å². The van der Waals surface area contributed by atoms with Gasteiger partial charge in [-0.25, -0.2) is 0 Å². The van der Waals surface area contributed by atoms with E-state index in [4.69, 9.17) is 0 Å². The Labute approximate surface area is 208 Å². The molecule has 4 aromatic rings. The Balaban J connectivity index is 0.000000393. The maximum absolute atomic E-state index is 10.3. The molecule has 0 fully saturated rings. The maximum Gasteiger partial charge on any atom is 0.390 e. The normalized spacial score (nSPS) is 8.97. The molecule has 0 heterocycles. The Morgan fingerprint density at radius 3 is 1.16 bits per heavy atom. The fraction of sp³-hybridized carbons (Fsp3) is 0.250. The average molecular weight is 482 g/mol. The molecular weight excluding hydrogens is 449 g/mol. The van der Waals surface area contributed by atoms with Gasteiger partial charge in [0.15, 0.2) is 0 Å². The number of benzene rings is 2. The van der Waals surface area contributed by atoms with E-state index in [0.29, 0.717) is 0 Å². The Morgan fingerprint density at radius 1 is 0.613 bits per heavy atom. The van der Waals surface area contributed by atoms with E-state index in [-0.39, 0.29) is 25.8 Å². The topological polar surface area (TPSA) is 40.6 Å². The van der Waals surface area contributed by atoms with Gasteiger partial charge in [0.2, 0.25) is 0 Å². The maximum atomic E-state index is 10.3. The monoisotopic (exact) mass is 481 g/mol. The minimum atomic E-state index is -1.37. The van der Waals surface area contributed by atoms with E-state index in [1.165, 1.54) is 21.5 Å². The summed E-state index contributed by atoms with van der Waals surface area (Å²) < 4.78 is 23.9. The molecule has 1 radical (unpaired) electrons. The summed E-state index contributed by atoms with van der Waals surface area (Å²) in [5, 5.41) is 5.32. The number of rotatable bonds is 2. The average Bonchev–Trinajstić information content (AvgIpc) is 3.38. The van der Waals surface area contributed by atoms with E-state index >= 15 is 0 Å². The summed E-state index contributed by atoms with van der Waals surface area (Å²) in [6.45, 7) is 3.43. The summed E-state index contributed by atoms with van der Waals surface area (Å²) in [6, 6.07) is 29.3. The third-order valence-corrected chi connectivity index (χ3v) is 6.87. The summed E-state index contributed by atoms with van der Waals surface area (Å²) in [4.78, 5) is 0. The van der Waals surface area contributed by atoms with Crippen LogP contribution in [0.15, 0.2) is 84.9 Å². The molecule has 0 aliphatic rings. The van der Waals surface area contributed by atoms with E-state index < -0.39 is 17.7 Å². The molecule has 0 amide bonds. The summed E-state index contributed by atoms with van der Waals surface area (Å²) in [7, 11) is 4.49. The van der Waals surface area contributed by atoms with E-state index in [9.17, 15) is 8.92 Å². The minimum Gasteiger partial charge on any atom is -0.383 e. The fourth-order valence-corrected chi connectivity index (χ4v) is 2.14. The van der Waals surface area contributed by atoms with Crippen molar-refractivity contribution < 1.29 is 34.8 Å². The molecule has 0 atom stereocenters. The van der Waals surface area contributed by atoms with Gasteiger partial charge in [-0.1, -0.05) is 12.1 Å². The van der Waals surface area contributed by atoms with Gasteiger partial charge in [-0.05, 0) is 41.3 Å². The quantitative estimate of drug-likeness (QED) is 0.287. The van der Waals surface area contributed by atoms with Gasteiger partial charge in [0.1, 0.15) is 0 Å². The van der Waals surface area contributed by atoms with Crippen molar-refractivity contribution in [3.63, 3.8) is 0 Å². The number of nitrogens with zero attached hydrogens (tertiary/aromatic N) is 2. The van der Waals surface area contributed by atoms with Crippen LogP contribution < -0.4 is 0 Å². The van der Waals surface area contributed by atoms with Crippen LogP contribution in [-0.2, 0) is 34.8 Å². The van der Waals surface area contributed by atoms with Crippen molar-refractivity contribution in [3.05, 3.63) is 84.9 Å². The Bertz CT molecular complexity index is 898. The molecule has 4 nitrogen and oxygen atoms in total. The molecule has 0 spiro atoms. The van der Waals surface area contributed by atoms with Crippen LogP contribution in [-0.4, -0.2) is 55.0 Å². The molecule has 31 heavy (non-hydrogen) atoms. The molecule has 0 unspecified atom stereocenters. The van der Waals surface area contributed by atoms with Crippen molar-refractivity contribution in [2.24, 2.45) is 0 Å². The van der Waals surface area contributed by atoms with E-state index in [1.54, 1.807) is 50.4 Å². The second-order valence-electron chi connectivity index (χ2n) is 7.14. The van der Waals surface area contributed by atoms with Crippen LogP contribution in [0.5, 0.6) is 0 Å². The fourth-order valence-electron chi connectivity index (χ4n) is 2.14. The van der Waals surface area contributed by atoms with Crippen molar-refractivity contribution in [3.8, 4) is 0 Å². The molecule has 0 aromatic heterocycles. The number of hydrogen-bond acceptors (Lipinski definition) is 2. The zero-order chi connectivity index (χ0) is 22.5. The Kier molecular flexibility index (Phi) is 14.9. The van der Waals surface area contributed by atoms with Crippen molar-refractivity contribution in [1.29, 1.82) is 0 Å². The van der Waals surface area contributed by atoms with Gasteiger partial charge in [-0.2, -0.15) is 35.0 Å². The van der Waals surface area contributed by atoms with Crippen LogP contribution in [0.2, 0.25) is 13.1 Å². The van der Waals surface area contributed by atoms with Crippen LogP contribution in [0, 0.1) is 0 Å². The largest absolute Gasteiger partial charge is 0.390 e. The summed E-state index contributed by atoms with van der Waals surface area (Å²) >= 11 is 0. The standard InChI is InChI=1S/2C9H7.2C3H9NOSi.Sc/c2*1-2-5-9-7-3-6-8(9)4-1;2*1-4(2)6(3)5;/h2*1-7H;2*1-3H3;/q2*-1;;;. The smallest absolute Gasteiger partial charge is 0.383 e. The molecule has 0 aliphatic heterocycles. The van der Waals surface area contributed by atoms with Crippen LogP contribution in [0.25, 0.3) is 21.5 Å². The first-order chi connectivity index (χ1) is 14.2. The van der Waals surface area contributed by atoms with Gasteiger partial charge in [-0.3, -0.25) is 0 Å². The van der Waals surface area contributed by atoms with Crippen LogP contribution >= 0.6 is 0 Å². The SMILES string of the molecule is CN(C)[Si](C)=O.CN(C)[Si](C)=O.[Sc].c1ccc2[cH-]ccc2c1.c1ccc2[cH-]ccc2c1. The third-order valence-electron chi connectivity index (χ3n) is 4.35. The first kappa shape index (κ1) is 29.2. The Morgan fingerprint density at radius 2 is 0.903 bits per heavy atom. The molecule has 4 aromatic carbocycles. The third kappa shape index (κ3) is 12.0. The van der Waals surface area contributed by atoms with Crippen LogP contribution in [0.3, 0.4) is 0 Å². The van der Waals surface area contributed by atoms with Crippen LogP contribution in [0.4, 0.5) is 0 Å². The number of fused-ring (bicyclic) bond motifs is 2. The zero-order valence-corrected chi connectivity index (χ0v) is 23.2. The van der Waals surface area contributed by atoms with Gasteiger partial charge in [-0.15, -0.1) is 59.3 Å². The molecule has 4 rings (SSSR count). The first-order valence-electron chi connectivity index (χ1n) is 9.79. The number of hydrogen-bond donors (Lipinski definition) is 0. The molecule has 0 aliphatic carbocycles. The van der Waals surface area contributed by atoms with Gasteiger partial charge in [0.05, 0.1) is 0 Å². The van der Waals surface area contributed by atoms with Crippen molar-refractivity contribution in [2.45, 2.75) is 13.1 Å². The van der Waals surface area contributed by atoms with Gasteiger partial charge in [0.25, 0.3) is 0 Å². The molecule has 0 bridgehead atoms. The molecular formula is C24H32N2O2ScSi2-2. The summed E-state index contributed by atoms with van der Waals surface area (Å²) in [5.74, 6) is 0. The minimum absolute atomic E-state index is 0. The van der Waals surface area contributed by atoms with Crippen molar-refractivity contribution in [1.82, 2.24) is 9.13 Å². The molecule has 7 heteroatoms. The molecule has 0 N–H and O–H groups in total. The summed E-state index contributed by atoms with van der Waals surface area (Å²) in [6.07, 6.45) is 0. The molecule has 0 saturated heterocycles. The predicted molar refractivity (Wildman–Crippen MR) is 131 cm³/mol. The van der Waals surface area contributed by atoms with E-state index in [2.05, 4.69) is 84.9 Å². The van der Waals surface area contributed by atoms with Crippen molar-refractivity contribution >= 4 is 39.2 Å². The first-order valence-corrected chi connectivity index (χ1v) is 13.5.